The molecule has 0 atom stereocenters. The van der Waals surface area contributed by atoms with Crippen LogP contribution in [0.5, 0.6) is 0 Å². The van der Waals surface area contributed by atoms with Crippen molar-refractivity contribution in [2.24, 2.45) is 7.05 Å². The standard InChI is InChI=1S/C23H32ClN5O3S.ClH/c1-27-16-21(26-17-27)33(31,32)29-14-12-28(13-15-29)23(9-3-2-4-10-23)11-8-20(30)22-18(24)6-5-7-19(22)25;/h5-7,16-17H,2-4,8-15,25H2,1H3;1H. The number of aromatic nitrogens is 2. The molecule has 1 aliphatic heterocycles. The van der Waals surface area contributed by atoms with Crippen LogP contribution in [0.15, 0.2) is 35.7 Å². The molecule has 8 nitrogen and oxygen atoms in total. The van der Waals surface area contributed by atoms with Crippen LogP contribution in [0.25, 0.3) is 0 Å². The first-order valence-electron chi connectivity index (χ1n) is 11.5. The van der Waals surface area contributed by atoms with E-state index in [9.17, 15) is 13.2 Å². The molecule has 34 heavy (non-hydrogen) atoms. The number of piperazine rings is 1. The fraction of sp³-hybridized carbons (Fsp3) is 0.565. The first kappa shape index (κ1) is 26.9. The van der Waals surface area contributed by atoms with Gasteiger partial charge in [-0.3, -0.25) is 9.69 Å². The molecule has 2 fully saturated rings. The Balaban J connectivity index is 0.00000324. The van der Waals surface area contributed by atoms with Gasteiger partial charge in [0.1, 0.15) is 0 Å². The summed E-state index contributed by atoms with van der Waals surface area (Å²) >= 11 is 6.26. The normalized spacial score (nSPS) is 19.5. The van der Waals surface area contributed by atoms with Gasteiger partial charge in [0.05, 0.1) is 16.9 Å². The van der Waals surface area contributed by atoms with Crippen LogP contribution in [-0.4, -0.2) is 64.7 Å². The Morgan fingerprint density at radius 3 is 2.41 bits per heavy atom. The lowest BCUT2D eigenvalue weighted by atomic mass is 9.76. The molecule has 2 N–H and O–H groups in total. The number of ketones is 1. The second-order valence-corrected chi connectivity index (χ2v) is 11.5. The molecule has 2 heterocycles. The van der Waals surface area contributed by atoms with Gasteiger partial charge in [-0.15, -0.1) is 12.4 Å². The number of hydrogen-bond acceptors (Lipinski definition) is 6. The zero-order chi connectivity index (χ0) is 23.6. The maximum absolute atomic E-state index is 13.0. The van der Waals surface area contributed by atoms with Crippen LogP contribution in [0.3, 0.4) is 0 Å². The summed E-state index contributed by atoms with van der Waals surface area (Å²) < 4.78 is 29.1. The summed E-state index contributed by atoms with van der Waals surface area (Å²) in [6.45, 7) is 2.14. The van der Waals surface area contributed by atoms with E-state index in [1.165, 1.54) is 23.3 Å². The monoisotopic (exact) mass is 529 g/mol. The largest absolute Gasteiger partial charge is 0.398 e. The number of halogens is 2. The van der Waals surface area contributed by atoms with Gasteiger partial charge in [-0.25, -0.2) is 13.4 Å². The van der Waals surface area contributed by atoms with E-state index in [4.69, 9.17) is 17.3 Å². The molecule has 0 amide bonds. The summed E-state index contributed by atoms with van der Waals surface area (Å²) in [5, 5.41) is 0.486. The van der Waals surface area contributed by atoms with E-state index in [-0.39, 0.29) is 28.8 Å². The molecule has 11 heteroatoms. The Labute approximate surface area is 212 Å². The number of rotatable bonds is 7. The van der Waals surface area contributed by atoms with Crippen molar-refractivity contribution in [3.8, 4) is 0 Å². The molecule has 188 valence electrons. The summed E-state index contributed by atoms with van der Waals surface area (Å²) in [5.74, 6) is -0.0283. The molecular weight excluding hydrogens is 497 g/mol. The molecule has 1 aromatic carbocycles. The number of anilines is 1. The van der Waals surface area contributed by atoms with Crippen molar-refractivity contribution >= 4 is 45.5 Å². The van der Waals surface area contributed by atoms with Gasteiger partial charge >= 0.3 is 0 Å². The van der Waals surface area contributed by atoms with Gasteiger partial charge in [0.2, 0.25) is 0 Å². The summed E-state index contributed by atoms with van der Waals surface area (Å²) in [4.78, 5) is 19.5. The van der Waals surface area contributed by atoms with Crippen LogP contribution < -0.4 is 5.73 Å². The highest BCUT2D eigenvalue weighted by atomic mass is 35.5. The number of hydrogen-bond donors (Lipinski definition) is 1. The van der Waals surface area contributed by atoms with Crippen molar-refractivity contribution in [2.45, 2.75) is 55.5 Å². The first-order valence-corrected chi connectivity index (χ1v) is 13.4. The topological polar surface area (TPSA) is 102 Å². The van der Waals surface area contributed by atoms with Gasteiger partial charge in [0.15, 0.2) is 10.8 Å². The number of carbonyl (C=O) groups excluding carboxylic acids is 1. The van der Waals surface area contributed by atoms with Crippen LogP contribution in [0.1, 0.15) is 55.3 Å². The van der Waals surface area contributed by atoms with Crippen LogP contribution in [0.4, 0.5) is 5.69 Å². The van der Waals surface area contributed by atoms with Crippen molar-refractivity contribution in [2.75, 3.05) is 31.9 Å². The summed E-state index contributed by atoms with van der Waals surface area (Å²) in [5.41, 5.74) is 6.76. The Kier molecular flexibility index (Phi) is 8.68. The molecule has 1 saturated heterocycles. The molecule has 0 bridgehead atoms. The predicted molar refractivity (Wildman–Crippen MR) is 136 cm³/mol. The quantitative estimate of drug-likeness (QED) is 0.432. The number of imidazole rings is 1. The van der Waals surface area contributed by atoms with Crippen LogP contribution >= 0.6 is 24.0 Å². The molecule has 0 spiro atoms. The Hall–Kier alpha value is -1.65. The van der Waals surface area contributed by atoms with E-state index in [0.29, 0.717) is 48.9 Å². The average Bonchev–Trinajstić information content (AvgIpc) is 3.25. The Morgan fingerprint density at radius 1 is 1.15 bits per heavy atom. The van der Waals surface area contributed by atoms with E-state index < -0.39 is 10.0 Å². The Morgan fingerprint density at radius 2 is 1.82 bits per heavy atom. The summed E-state index contributed by atoms with van der Waals surface area (Å²) in [6.07, 6.45) is 9.62. The summed E-state index contributed by atoms with van der Waals surface area (Å²) in [6, 6.07) is 5.15. The fourth-order valence-electron chi connectivity index (χ4n) is 5.30. The van der Waals surface area contributed by atoms with Gasteiger partial charge < -0.3 is 10.3 Å². The lowest BCUT2D eigenvalue weighted by molar-refractivity contribution is 0.0165. The van der Waals surface area contributed by atoms with Crippen molar-refractivity contribution in [1.82, 2.24) is 18.8 Å². The van der Waals surface area contributed by atoms with Gasteiger partial charge in [-0.05, 0) is 31.4 Å². The zero-order valence-corrected chi connectivity index (χ0v) is 21.8. The van der Waals surface area contributed by atoms with Crippen LogP contribution in [0.2, 0.25) is 5.02 Å². The molecule has 0 radical (unpaired) electrons. The van der Waals surface area contributed by atoms with Gasteiger partial charge in [0, 0.05) is 57.1 Å². The van der Waals surface area contributed by atoms with E-state index >= 15 is 0 Å². The second kappa shape index (κ2) is 11.0. The van der Waals surface area contributed by atoms with E-state index in [0.717, 1.165) is 32.1 Å². The third-order valence-corrected chi connectivity index (χ3v) is 9.22. The first-order chi connectivity index (χ1) is 15.7. The number of Topliss-reactive ketones (excluding diaryl/α,β-unsaturated/α-hetero) is 1. The SMILES string of the molecule is Cl.Cn1cnc(S(=O)(=O)N2CCN(C3(CCC(=O)c4c(N)cccc4Cl)CCCCC3)CC2)c1. The maximum atomic E-state index is 13.0. The van der Waals surface area contributed by atoms with Crippen LogP contribution in [-0.2, 0) is 17.1 Å². The number of benzene rings is 1. The number of nitrogens with zero attached hydrogens (tertiary/aromatic N) is 4. The Bertz CT molecular complexity index is 1090. The minimum atomic E-state index is -3.59. The number of sulfonamides is 1. The summed E-state index contributed by atoms with van der Waals surface area (Å²) in [7, 11) is -1.84. The van der Waals surface area contributed by atoms with E-state index in [1.54, 1.807) is 29.8 Å². The highest BCUT2D eigenvalue weighted by Crippen LogP contribution is 2.39. The molecule has 2 aromatic rings. The predicted octanol–water partition coefficient (Wildman–Crippen LogP) is 3.75. The molecule has 1 aromatic heterocycles. The fourth-order valence-corrected chi connectivity index (χ4v) is 6.97. The molecular formula is C23H33Cl2N5O3S. The van der Waals surface area contributed by atoms with Crippen molar-refractivity contribution in [1.29, 1.82) is 0 Å². The van der Waals surface area contributed by atoms with Gasteiger partial charge in [-0.2, -0.15) is 4.31 Å². The molecule has 4 rings (SSSR count). The second-order valence-electron chi connectivity index (χ2n) is 9.18. The van der Waals surface area contributed by atoms with E-state index in [1.807, 2.05) is 0 Å². The van der Waals surface area contributed by atoms with Crippen molar-refractivity contribution in [3.63, 3.8) is 0 Å². The van der Waals surface area contributed by atoms with Crippen molar-refractivity contribution < 1.29 is 13.2 Å². The third-order valence-electron chi connectivity index (χ3n) is 7.12. The maximum Gasteiger partial charge on any atom is 0.262 e. The lowest BCUT2D eigenvalue weighted by Crippen LogP contribution is -2.58. The average molecular weight is 531 g/mol. The lowest BCUT2D eigenvalue weighted by Gasteiger charge is -2.49. The van der Waals surface area contributed by atoms with Crippen LogP contribution in [0, 0.1) is 0 Å². The smallest absolute Gasteiger partial charge is 0.262 e. The van der Waals surface area contributed by atoms with Gasteiger partial charge in [0.25, 0.3) is 10.0 Å². The molecule has 1 saturated carbocycles. The molecule has 1 aliphatic carbocycles. The van der Waals surface area contributed by atoms with E-state index in [2.05, 4.69) is 9.88 Å². The molecule has 2 aliphatic rings. The number of carbonyl (C=O) groups is 1. The minimum Gasteiger partial charge on any atom is -0.398 e. The zero-order valence-electron chi connectivity index (χ0n) is 19.5. The highest BCUT2D eigenvalue weighted by Gasteiger charge is 2.41. The number of aryl methyl sites for hydroxylation is 1. The third kappa shape index (κ3) is 5.44. The minimum absolute atomic E-state index is 0. The number of nitrogens with two attached hydrogens (primary N) is 1. The highest BCUT2D eigenvalue weighted by molar-refractivity contribution is 7.89. The molecule has 0 unspecified atom stereocenters. The number of nitrogen functional groups attached to an aromatic ring is 1. The van der Waals surface area contributed by atoms with Gasteiger partial charge in [-0.1, -0.05) is 36.9 Å². The van der Waals surface area contributed by atoms with Crippen molar-refractivity contribution in [3.05, 3.63) is 41.3 Å².